The molecule has 0 bridgehead atoms. The molecule has 1 amide bonds. The number of rotatable bonds is 15. The fourth-order valence-corrected chi connectivity index (χ4v) is 7.53. The van der Waals surface area contributed by atoms with Gasteiger partial charge < -0.3 is 33.2 Å². The van der Waals surface area contributed by atoms with E-state index < -0.39 is 26.1 Å². The predicted molar refractivity (Wildman–Crippen MR) is 170 cm³/mol. The van der Waals surface area contributed by atoms with Crippen LogP contribution in [0, 0.1) is 0 Å². The summed E-state index contributed by atoms with van der Waals surface area (Å²) in [7, 11) is 4.22. The number of amides is 1. The molecule has 0 saturated heterocycles. The van der Waals surface area contributed by atoms with Crippen molar-refractivity contribution >= 4 is 20.1 Å². The summed E-state index contributed by atoms with van der Waals surface area (Å²) < 4.78 is 35.3. The van der Waals surface area contributed by atoms with Gasteiger partial charge in [-0.15, -0.1) is 6.58 Å². The van der Waals surface area contributed by atoms with Crippen molar-refractivity contribution in [2.75, 3.05) is 33.8 Å². The lowest BCUT2D eigenvalue weighted by Gasteiger charge is -2.30. The van der Waals surface area contributed by atoms with E-state index in [2.05, 4.69) is 32.7 Å². The molecule has 0 aliphatic rings. The minimum atomic E-state index is -1.98. The smallest absolute Gasteiger partial charge is 0.412 e. The maximum Gasteiger partial charge on any atom is 0.412 e. The quantitative estimate of drug-likeness (QED) is 0.157. The Morgan fingerprint density at radius 1 is 0.952 bits per heavy atom. The largest absolute Gasteiger partial charge is 0.495 e. The number of carbonyl (C=O) groups excluding carboxylic acids is 1. The molecule has 10 heteroatoms. The lowest BCUT2D eigenvalue weighted by atomic mass is 9.89. The van der Waals surface area contributed by atoms with Crippen LogP contribution in [0.4, 0.5) is 10.5 Å². The number of hydrogen-bond donors (Lipinski definition) is 2. The average Bonchev–Trinajstić information content (AvgIpc) is 2.96. The van der Waals surface area contributed by atoms with Gasteiger partial charge in [0.15, 0.2) is 19.8 Å². The third-order valence-corrected chi connectivity index (χ3v) is 12.0. The number of nitrogens with one attached hydrogen (secondary N) is 1. The van der Waals surface area contributed by atoms with Crippen molar-refractivity contribution in [2.45, 2.75) is 84.4 Å². The SMILES string of the molecule is C=CCC(O)c1cc(NC(=O)OC(C)(C)C)c(OC)cc1-c1c(CO[Si](CC)(CC)CC)cc(OC)c(OC)c1OC. The molecule has 0 fully saturated rings. The van der Waals surface area contributed by atoms with Crippen LogP contribution in [0.1, 0.15) is 65.2 Å². The molecule has 0 radical (unpaired) electrons. The fraction of sp³-hybridized carbons (Fsp3) is 0.531. The summed E-state index contributed by atoms with van der Waals surface area (Å²) in [6.07, 6.45) is 0.309. The highest BCUT2D eigenvalue weighted by molar-refractivity contribution is 6.73. The van der Waals surface area contributed by atoms with Gasteiger partial charge in [-0.05, 0) is 80.2 Å². The second-order valence-electron chi connectivity index (χ2n) is 11.0. The van der Waals surface area contributed by atoms with Gasteiger partial charge in [-0.25, -0.2) is 4.79 Å². The van der Waals surface area contributed by atoms with Crippen molar-refractivity contribution in [1.29, 1.82) is 0 Å². The minimum Gasteiger partial charge on any atom is -0.495 e. The number of aliphatic hydroxyl groups is 1. The second kappa shape index (κ2) is 15.3. The van der Waals surface area contributed by atoms with Crippen LogP contribution < -0.4 is 24.3 Å². The van der Waals surface area contributed by atoms with E-state index in [0.717, 1.165) is 23.7 Å². The first-order valence-electron chi connectivity index (χ1n) is 14.3. The van der Waals surface area contributed by atoms with Crippen LogP contribution in [0.2, 0.25) is 18.1 Å². The Balaban J connectivity index is 2.93. The molecule has 0 aliphatic carbocycles. The standard InChI is InChI=1S/C32H49NO8Si/c1-12-16-25(34)22-18-24(33-31(35)41-32(5,6)7)26(36-8)19-23(22)28-21(20-40-42(13-2,14-3)15-4)17-27(37-9)29(38-10)30(28)39-11/h12,17-19,25,34H,1,13-16,20H2,2-11H3,(H,33,35). The van der Waals surface area contributed by atoms with Gasteiger partial charge in [0.2, 0.25) is 5.75 Å². The van der Waals surface area contributed by atoms with Crippen molar-refractivity contribution < 1.29 is 38.0 Å². The first-order valence-corrected chi connectivity index (χ1v) is 16.9. The molecule has 42 heavy (non-hydrogen) atoms. The van der Waals surface area contributed by atoms with Crippen LogP contribution >= 0.6 is 0 Å². The molecule has 1 unspecified atom stereocenters. The van der Waals surface area contributed by atoms with Crippen LogP contribution in [0.25, 0.3) is 11.1 Å². The first kappa shape index (κ1) is 35.0. The highest BCUT2D eigenvalue weighted by atomic mass is 28.4. The monoisotopic (exact) mass is 603 g/mol. The average molecular weight is 604 g/mol. The molecule has 2 aromatic rings. The Morgan fingerprint density at radius 2 is 1.55 bits per heavy atom. The van der Waals surface area contributed by atoms with Gasteiger partial charge in [0.05, 0.1) is 46.8 Å². The van der Waals surface area contributed by atoms with Crippen molar-refractivity contribution in [3.63, 3.8) is 0 Å². The van der Waals surface area contributed by atoms with E-state index in [1.54, 1.807) is 60.3 Å². The molecule has 2 rings (SSSR count). The number of benzene rings is 2. The van der Waals surface area contributed by atoms with Gasteiger partial charge in [-0.3, -0.25) is 5.32 Å². The molecule has 0 saturated carbocycles. The van der Waals surface area contributed by atoms with Crippen LogP contribution in [-0.2, 0) is 15.8 Å². The lowest BCUT2D eigenvalue weighted by molar-refractivity contribution is 0.0635. The number of ether oxygens (including phenoxy) is 5. The summed E-state index contributed by atoms with van der Waals surface area (Å²) in [4.78, 5) is 12.7. The second-order valence-corrected chi connectivity index (χ2v) is 15.8. The Morgan fingerprint density at radius 3 is 2.02 bits per heavy atom. The van der Waals surface area contributed by atoms with Gasteiger partial charge in [-0.2, -0.15) is 0 Å². The number of methoxy groups -OCH3 is 4. The van der Waals surface area contributed by atoms with Gasteiger partial charge in [0.25, 0.3) is 0 Å². The molecular weight excluding hydrogens is 554 g/mol. The first-order chi connectivity index (χ1) is 19.9. The normalized spacial score (nSPS) is 12.4. The van der Waals surface area contributed by atoms with Gasteiger partial charge >= 0.3 is 6.09 Å². The number of carbonyl (C=O) groups is 1. The van der Waals surface area contributed by atoms with Gasteiger partial charge in [0, 0.05) is 5.56 Å². The summed E-state index contributed by atoms with van der Waals surface area (Å²) in [6.45, 7) is 16.0. The third-order valence-electron chi connectivity index (χ3n) is 7.40. The maximum absolute atomic E-state index is 12.7. The van der Waals surface area contributed by atoms with E-state index in [1.807, 2.05) is 6.07 Å². The number of hydrogen-bond acceptors (Lipinski definition) is 8. The predicted octanol–water partition coefficient (Wildman–Crippen LogP) is 7.87. The Bertz CT molecular complexity index is 1210. The van der Waals surface area contributed by atoms with E-state index in [-0.39, 0.29) is 6.42 Å². The molecule has 2 aromatic carbocycles. The Hall–Kier alpha value is -3.21. The van der Waals surface area contributed by atoms with Crippen LogP contribution in [0.3, 0.4) is 0 Å². The molecule has 234 valence electrons. The zero-order valence-electron chi connectivity index (χ0n) is 26.9. The molecule has 0 heterocycles. The summed E-state index contributed by atoms with van der Waals surface area (Å²) in [5.74, 6) is 1.70. The van der Waals surface area contributed by atoms with Crippen molar-refractivity contribution in [1.82, 2.24) is 0 Å². The van der Waals surface area contributed by atoms with E-state index >= 15 is 0 Å². The topological polar surface area (TPSA) is 105 Å². The molecule has 0 spiro atoms. The van der Waals surface area contributed by atoms with Crippen molar-refractivity contribution in [2.24, 2.45) is 0 Å². The minimum absolute atomic E-state index is 0.268. The van der Waals surface area contributed by atoms with Crippen molar-refractivity contribution in [3.8, 4) is 34.1 Å². The van der Waals surface area contributed by atoms with Crippen LogP contribution in [0.5, 0.6) is 23.0 Å². The van der Waals surface area contributed by atoms with E-state index in [9.17, 15) is 9.90 Å². The van der Waals surface area contributed by atoms with E-state index in [1.165, 1.54) is 7.11 Å². The summed E-state index contributed by atoms with van der Waals surface area (Å²) in [5.41, 5.74) is 2.28. The number of anilines is 1. The summed E-state index contributed by atoms with van der Waals surface area (Å²) >= 11 is 0. The number of aliphatic hydroxyl groups excluding tert-OH is 1. The Labute approximate surface area is 252 Å². The van der Waals surface area contributed by atoms with Crippen molar-refractivity contribution in [3.05, 3.63) is 42.0 Å². The van der Waals surface area contributed by atoms with Crippen LogP contribution in [-0.4, -0.2) is 53.6 Å². The molecule has 9 nitrogen and oxygen atoms in total. The maximum atomic E-state index is 12.7. The highest BCUT2D eigenvalue weighted by Crippen LogP contribution is 2.50. The fourth-order valence-electron chi connectivity index (χ4n) is 4.96. The molecule has 0 aliphatic heterocycles. The lowest BCUT2D eigenvalue weighted by Crippen LogP contribution is -2.35. The zero-order valence-corrected chi connectivity index (χ0v) is 27.9. The zero-order chi connectivity index (χ0) is 31.7. The summed E-state index contributed by atoms with van der Waals surface area (Å²) in [5, 5.41) is 14.1. The third kappa shape index (κ3) is 8.20. The summed E-state index contributed by atoms with van der Waals surface area (Å²) in [6, 6.07) is 8.31. The van der Waals surface area contributed by atoms with Crippen LogP contribution in [0.15, 0.2) is 30.9 Å². The molecule has 2 N–H and O–H groups in total. The molecular formula is C32H49NO8Si. The van der Waals surface area contributed by atoms with E-state index in [4.69, 9.17) is 28.1 Å². The molecule has 1 atom stereocenters. The van der Waals surface area contributed by atoms with E-state index in [0.29, 0.717) is 52.0 Å². The molecule has 0 aromatic heterocycles. The Kier molecular flexibility index (Phi) is 12.8. The van der Waals surface area contributed by atoms with Gasteiger partial charge in [0.1, 0.15) is 11.4 Å². The highest BCUT2D eigenvalue weighted by Gasteiger charge is 2.32. The van der Waals surface area contributed by atoms with Gasteiger partial charge in [-0.1, -0.05) is 26.8 Å².